The number of rotatable bonds is 5. The van der Waals surface area contributed by atoms with E-state index in [2.05, 4.69) is 10.6 Å². The van der Waals surface area contributed by atoms with Gasteiger partial charge in [-0.15, -0.1) is 0 Å². The Hall–Kier alpha value is -1.53. The second-order valence-corrected chi connectivity index (χ2v) is 4.94. The van der Waals surface area contributed by atoms with Crippen LogP contribution in [0.25, 0.3) is 0 Å². The Bertz CT molecular complexity index is 462. The average Bonchev–Trinajstić information content (AvgIpc) is 2.99. The van der Waals surface area contributed by atoms with Crippen LogP contribution in [0.4, 0.5) is 5.69 Å². The van der Waals surface area contributed by atoms with Crippen LogP contribution in [0.1, 0.15) is 12.8 Å². The van der Waals surface area contributed by atoms with Crippen molar-refractivity contribution < 1.29 is 14.2 Å². The molecule has 6 heteroatoms. The van der Waals surface area contributed by atoms with E-state index in [0.717, 1.165) is 37.4 Å². The van der Waals surface area contributed by atoms with E-state index in [1.54, 1.807) is 14.2 Å². The fourth-order valence-electron chi connectivity index (χ4n) is 2.08. The molecule has 110 valence electrons. The highest BCUT2D eigenvalue weighted by molar-refractivity contribution is 7.80. The molecule has 1 aromatic rings. The zero-order chi connectivity index (χ0) is 14.4. The molecule has 0 amide bonds. The minimum Gasteiger partial charge on any atom is -0.497 e. The maximum absolute atomic E-state index is 5.54. The lowest BCUT2D eigenvalue weighted by molar-refractivity contribution is 0.114. The monoisotopic (exact) mass is 296 g/mol. The van der Waals surface area contributed by atoms with E-state index in [9.17, 15) is 0 Å². The van der Waals surface area contributed by atoms with Gasteiger partial charge < -0.3 is 24.8 Å². The van der Waals surface area contributed by atoms with Gasteiger partial charge in [0, 0.05) is 19.2 Å². The van der Waals surface area contributed by atoms with Crippen LogP contribution in [0.5, 0.6) is 11.5 Å². The number of anilines is 1. The van der Waals surface area contributed by atoms with Gasteiger partial charge in [-0.1, -0.05) is 0 Å². The maximum Gasteiger partial charge on any atom is 0.170 e. The molecule has 5 nitrogen and oxygen atoms in total. The third-order valence-corrected chi connectivity index (χ3v) is 3.42. The van der Waals surface area contributed by atoms with Crippen molar-refractivity contribution in [1.82, 2.24) is 5.32 Å². The lowest BCUT2D eigenvalue weighted by Crippen LogP contribution is -2.34. The third kappa shape index (κ3) is 3.98. The first-order chi connectivity index (χ1) is 9.72. The largest absolute Gasteiger partial charge is 0.497 e. The molecule has 1 aliphatic rings. The predicted molar refractivity (Wildman–Crippen MR) is 82.7 cm³/mol. The summed E-state index contributed by atoms with van der Waals surface area (Å²) in [5.41, 5.74) is 0.804. The van der Waals surface area contributed by atoms with Crippen LogP contribution in [0.2, 0.25) is 0 Å². The number of nitrogens with one attached hydrogen (secondary N) is 2. The summed E-state index contributed by atoms with van der Waals surface area (Å²) in [6.45, 7) is 1.57. The molecule has 0 saturated carbocycles. The molecule has 1 heterocycles. The molecule has 0 aromatic heterocycles. The summed E-state index contributed by atoms with van der Waals surface area (Å²) in [7, 11) is 3.23. The second-order valence-electron chi connectivity index (χ2n) is 4.54. The van der Waals surface area contributed by atoms with E-state index in [1.807, 2.05) is 18.2 Å². The van der Waals surface area contributed by atoms with Gasteiger partial charge in [-0.25, -0.2) is 0 Å². The number of methoxy groups -OCH3 is 2. The number of ether oxygens (including phenoxy) is 3. The molecule has 0 spiro atoms. The van der Waals surface area contributed by atoms with E-state index in [1.165, 1.54) is 0 Å². The van der Waals surface area contributed by atoms with Gasteiger partial charge in [-0.2, -0.15) is 0 Å². The third-order valence-electron chi connectivity index (χ3n) is 3.17. The normalized spacial score (nSPS) is 17.6. The van der Waals surface area contributed by atoms with E-state index in [0.29, 0.717) is 10.9 Å². The number of hydrogen-bond acceptors (Lipinski definition) is 4. The SMILES string of the molecule is COc1ccc(NC(=S)NC[C@H]2CCCO2)c(OC)c1. The van der Waals surface area contributed by atoms with Gasteiger partial charge in [0.1, 0.15) is 11.5 Å². The van der Waals surface area contributed by atoms with E-state index < -0.39 is 0 Å². The summed E-state index contributed by atoms with van der Waals surface area (Å²) in [5, 5.41) is 6.84. The molecule has 2 rings (SSSR count). The van der Waals surface area contributed by atoms with Crippen LogP contribution in [0.3, 0.4) is 0 Å². The van der Waals surface area contributed by atoms with Crippen LogP contribution >= 0.6 is 12.2 Å². The molecule has 0 unspecified atom stereocenters. The van der Waals surface area contributed by atoms with E-state index >= 15 is 0 Å². The van der Waals surface area contributed by atoms with Crippen molar-refractivity contribution in [2.75, 3.05) is 32.7 Å². The Labute approximate surface area is 124 Å². The number of thiocarbonyl (C=S) groups is 1. The molecule has 1 atom stereocenters. The second kappa shape index (κ2) is 7.31. The Balaban J connectivity index is 1.89. The van der Waals surface area contributed by atoms with Crippen molar-refractivity contribution >= 4 is 23.0 Å². The molecule has 1 saturated heterocycles. The van der Waals surface area contributed by atoms with Crippen LogP contribution < -0.4 is 20.1 Å². The summed E-state index contributed by atoms with van der Waals surface area (Å²) in [6, 6.07) is 5.54. The molecule has 1 aliphatic heterocycles. The summed E-state index contributed by atoms with van der Waals surface area (Å²) in [5.74, 6) is 1.43. The molecule has 1 fully saturated rings. The molecular formula is C14H20N2O3S. The zero-order valence-electron chi connectivity index (χ0n) is 11.8. The summed E-state index contributed by atoms with van der Waals surface area (Å²) in [6.07, 6.45) is 2.47. The van der Waals surface area contributed by atoms with Gasteiger partial charge in [-0.05, 0) is 37.2 Å². The molecule has 0 aliphatic carbocycles. The zero-order valence-corrected chi connectivity index (χ0v) is 12.6. The van der Waals surface area contributed by atoms with Crippen molar-refractivity contribution in [3.8, 4) is 11.5 Å². The lowest BCUT2D eigenvalue weighted by atomic mass is 10.2. The van der Waals surface area contributed by atoms with Crippen molar-refractivity contribution in [3.63, 3.8) is 0 Å². The highest BCUT2D eigenvalue weighted by Crippen LogP contribution is 2.28. The number of hydrogen-bond donors (Lipinski definition) is 2. The summed E-state index contributed by atoms with van der Waals surface area (Å²) < 4.78 is 16.0. The Morgan fingerprint density at radius 1 is 1.40 bits per heavy atom. The fourth-order valence-corrected chi connectivity index (χ4v) is 2.27. The molecule has 1 aromatic carbocycles. The number of benzene rings is 1. The average molecular weight is 296 g/mol. The van der Waals surface area contributed by atoms with Crippen molar-refractivity contribution in [2.24, 2.45) is 0 Å². The van der Waals surface area contributed by atoms with Crippen LogP contribution in [-0.2, 0) is 4.74 Å². The van der Waals surface area contributed by atoms with Gasteiger partial charge in [0.2, 0.25) is 0 Å². The topological polar surface area (TPSA) is 51.8 Å². The van der Waals surface area contributed by atoms with Gasteiger partial charge >= 0.3 is 0 Å². The Morgan fingerprint density at radius 2 is 2.25 bits per heavy atom. The Kier molecular flexibility index (Phi) is 5.43. The van der Waals surface area contributed by atoms with E-state index in [4.69, 9.17) is 26.4 Å². The van der Waals surface area contributed by atoms with Gasteiger partial charge in [0.15, 0.2) is 5.11 Å². The first-order valence-corrected chi connectivity index (χ1v) is 7.02. The van der Waals surface area contributed by atoms with Gasteiger partial charge in [-0.3, -0.25) is 0 Å². The van der Waals surface area contributed by atoms with Crippen molar-refractivity contribution in [1.29, 1.82) is 0 Å². The standard InChI is InChI=1S/C14H20N2O3S/c1-17-10-5-6-12(13(8-10)18-2)16-14(20)15-9-11-4-3-7-19-11/h5-6,8,11H,3-4,7,9H2,1-2H3,(H2,15,16,20)/t11-/m1/s1. The van der Waals surface area contributed by atoms with Crippen LogP contribution in [-0.4, -0.2) is 38.6 Å². The Morgan fingerprint density at radius 3 is 2.90 bits per heavy atom. The summed E-state index contributed by atoms with van der Waals surface area (Å²) >= 11 is 5.27. The van der Waals surface area contributed by atoms with Gasteiger partial charge in [0.25, 0.3) is 0 Å². The van der Waals surface area contributed by atoms with Gasteiger partial charge in [0.05, 0.1) is 26.0 Å². The highest BCUT2D eigenvalue weighted by Gasteiger charge is 2.15. The van der Waals surface area contributed by atoms with Crippen LogP contribution in [0.15, 0.2) is 18.2 Å². The first kappa shape index (κ1) is 14.9. The minimum atomic E-state index is 0.257. The molecule has 0 bridgehead atoms. The maximum atomic E-state index is 5.54. The molecule has 2 N–H and O–H groups in total. The summed E-state index contributed by atoms with van der Waals surface area (Å²) in [4.78, 5) is 0. The van der Waals surface area contributed by atoms with Crippen LogP contribution in [0, 0.1) is 0 Å². The molecular weight excluding hydrogens is 276 g/mol. The molecule has 20 heavy (non-hydrogen) atoms. The predicted octanol–water partition coefficient (Wildman–Crippen LogP) is 2.17. The lowest BCUT2D eigenvalue weighted by Gasteiger charge is -2.16. The fraction of sp³-hybridized carbons (Fsp3) is 0.500. The van der Waals surface area contributed by atoms with E-state index in [-0.39, 0.29) is 6.10 Å². The molecule has 0 radical (unpaired) electrons. The highest BCUT2D eigenvalue weighted by atomic mass is 32.1. The smallest absolute Gasteiger partial charge is 0.170 e. The quantitative estimate of drug-likeness (QED) is 0.812. The minimum absolute atomic E-state index is 0.257. The van der Waals surface area contributed by atoms with Crippen molar-refractivity contribution in [2.45, 2.75) is 18.9 Å². The first-order valence-electron chi connectivity index (χ1n) is 6.61. The van der Waals surface area contributed by atoms with Crippen molar-refractivity contribution in [3.05, 3.63) is 18.2 Å².